The van der Waals surface area contributed by atoms with Gasteiger partial charge in [-0.3, -0.25) is 0 Å². The van der Waals surface area contributed by atoms with Gasteiger partial charge in [-0.15, -0.1) is 11.3 Å². The Morgan fingerprint density at radius 3 is 1.63 bits per heavy atom. The molecule has 0 amide bonds. The van der Waals surface area contributed by atoms with Crippen molar-refractivity contribution < 1.29 is 0 Å². The van der Waals surface area contributed by atoms with Crippen LogP contribution in [0.1, 0.15) is 0 Å². The number of pyridine rings is 1. The van der Waals surface area contributed by atoms with Crippen LogP contribution in [0.2, 0.25) is 0 Å². The van der Waals surface area contributed by atoms with Crippen molar-refractivity contribution in [1.82, 2.24) is 15.0 Å². The van der Waals surface area contributed by atoms with Gasteiger partial charge >= 0.3 is 0 Å². The third kappa shape index (κ3) is 5.86. The molecule has 4 heteroatoms. The molecule has 0 aliphatic carbocycles. The first-order valence-corrected chi connectivity index (χ1v) is 20.0. The summed E-state index contributed by atoms with van der Waals surface area (Å²) in [5.74, 6) is 0.702. The SMILES string of the molecule is c1ccc(-c2ccc(-c3cc(-c4ccc(-c5cccc6nc(-c7cccc8ccccc78)c7c8ccccc8sc7c56)cc4)nc(-c4ccccc4)n3)cc2)cc1. The van der Waals surface area contributed by atoms with Gasteiger partial charge < -0.3 is 0 Å². The van der Waals surface area contributed by atoms with Gasteiger partial charge in [0.15, 0.2) is 5.82 Å². The van der Waals surface area contributed by atoms with Crippen LogP contribution in [0.5, 0.6) is 0 Å². The van der Waals surface area contributed by atoms with Gasteiger partial charge in [-0.25, -0.2) is 15.0 Å². The minimum atomic E-state index is 0.702. The lowest BCUT2D eigenvalue weighted by Gasteiger charge is -2.14. The topological polar surface area (TPSA) is 38.7 Å². The highest BCUT2D eigenvalue weighted by atomic mass is 32.1. The first kappa shape index (κ1) is 33.1. The Morgan fingerprint density at radius 1 is 0.351 bits per heavy atom. The fourth-order valence-corrected chi connectivity index (χ4v) is 9.39. The first-order valence-electron chi connectivity index (χ1n) is 19.2. The van der Waals surface area contributed by atoms with E-state index in [0.717, 1.165) is 50.4 Å². The third-order valence-electron chi connectivity index (χ3n) is 10.9. The van der Waals surface area contributed by atoms with E-state index < -0.39 is 0 Å². The molecule has 8 aromatic carbocycles. The summed E-state index contributed by atoms with van der Waals surface area (Å²) < 4.78 is 2.52. The number of fused-ring (bicyclic) bond motifs is 6. The van der Waals surface area contributed by atoms with Crippen molar-refractivity contribution in [3.05, 3.63) is 200 Å². The van der Waals surface area contributed by atoms with Gasteiger partial charge in [-0.05, 0) is 51.2 Å². The van der Waals surface area contributed by atoms with Crippen molar-refractivity contribution in [2.75, 3.05) is 0 Å². The minimum Gasteiger partial charge on any atom is -0.247 e. The number of aromatic nitrogens is 3. The Labute approximate surface area is 334 Å². The second-order valence-electron chi connectivity index (χ2n) is 14.3. The zero-order chi connectivity index (χ0) is 37.7. The van der Waals surface area contributed by atoms with Crippen molar-refractivity contribution in [2.24, 2.45) is 0 Å². The third-order valence-corrected chi connectivity index (χ3v) is 12.1. The average Bonchev–Trinajstić information content (AvgIpc) is 3.69. The summed E-state index contributed by atoms with van der Waals surface area (Å²) in [5.41, 5.74) is 12.7. The highest BCUT2D eigenvalue weighted by Gasteiger charge is 2.20. The summed E-state index contributed by atoms with van der Waals surface area (Å²) in [6.07, 6.45) is 0. The fourth-order valence-electron chi connectivity index (χ4n) is 8.12. The average molecular weight is 744 g/mol. The largest absolute Gasteiger partial charge is 0.247 e. The van der Waals surface area contributed by atoms with E-state index in [9.17, 15) is 0 Å². The Hall–Kier alpha value is -7.27. The molecule has 3 heterocycles. The zero-order valence-corrected chi connectivity index (χ0v) is 31.6. The van der Waals surface area contributed by atoms with Crippen LogP contribution < -0.4 is 0 Å². The van der Waals surface area contributed by atoms with Crippen molar-refractivity contribution in [2.45, 2.75) is 0 Å². The van der Waals surface area contributed by atoms with Crippen LogP contribution in [0.15, 0.2) is 200 Å². The standard InChI is InChI=1S/C53H33N3S/c1-3-13-34(14-4-1)35-25-29-38(30-26-35)46-33-47(56-53(55-46)40-16-5-2-6-17-40)39-31-27-37(28-32-39)42-21-12-23-45-49(42)52-50(44-20-9-10-24-48(44)57-52)51(54-45)43-22-11-18-36-15-7-8-19-41(36)43/h1-33H. The van der Waals surface area contributed by atoms with Crippen molar-refractivity contribution in [3.8, 4) is 67.4 Å². The molecule has 0 saturated carbocycles. The van der Waals surface area contributed by atoms with Gasteiger partial charge in [0.2, 0.25) is 0 Å². The van der Waals surface area contributed by atoms with Gasteiger partial charge in [-0.1, -0.05) is 182 Å². The summed E-state index contributed by atoms with van der Waals surface area (Å²) in [5, 5.41) is 6.06. The normalized spacial score (nSPS) is 11.5. The first-order chi connectivity index (χ1) is 28.2. The van der Waals surface area contributed by atoms with Crippen molar-refractivity contribution in [1.29, 1.82) is 0 Å². The molecule has 0 N–H and O–H groups in total. The van der Waals surface area contributed by atoms with Gasteiger partial charge in [0.1, 0.15) is 0 Å². The molecule has 57 heavy (non-hydrogen) atoms. The molecule has 11 aromatic rings. The molecule has 0 spiro atoms. The Balaban J connectivity index is 1.04. The van der Waals surface area contributed by atoms with Crippen LogP contribution in [0.4, 0.5) is 0 Å². The van der Waals surface area contributed by atoms with Gasteiger partial charge in [-0.2, -0.15) is 0 Å². The lowest BCUT2D eigenvalue weighted by molar-refractivity contribution is 1.18. The second kappa shape index (κ2) is 13.8. The van der Waals surface area contributed by atoms with E-state index in [1.165, 1.54) is 53.0 Å². The predicted molar refractivity (Wildman–Crippen MR) is 240 cm³/mol. The molecule has 0 aliphatic heterocycles. The maximum atomic E-state index is 5.49. The smallest absolute Gasteiger partial charge is 0.160 e. The van der Waals surface area contributed by atoms with E-state index in [-0.39, 0.29) is 0 Å². The highest BCUT2D eigenvalue weighted by molar-refractivity contribution is 7.26. The molecule has 3 nitrogen and oxygen atoms in total. The molecule has 0 radical (unpaired) electrons. The van der Waals surface area contributed by atoms with Crippen molar-refractivity contribution in [3.63, 3.8) is 0 Å². The molecule has 266 valence electrons. The minimum absolute atomic E-state index is 0.702. The fraction of sp³-hybridized carbons (Fsp3) is 0. The predicted octanol–water partition coefficient (Wildman–Crippen LogP) is 14.5. The molecule has 11 rings (SSSR count). The van der Waals surface area contributed by atoms with Crippen LogP contribution in [0.3, 0.4) is 0 Å². The Morgan fingerprint density at radius 2 is 0.895 bits per heavy atom. The van der Waals surface area contributed by atoms with Gasteiger partial charge in [0.05, 0.1) is 22.6 Å². The second-order valence-corrected chi connectivity index (χ2v) is 15.4. The summed E-state index contributed by atoms with van der Waals surface area (Å²) in [4.78, 5) is 15.7. The van der Waals surface area contributed by atoms with E-state index in [1.807, 2.05) is 35.6 Å². The highest BCUT2D eigenvalue weighted by Crippen LogP contribution is 2.46. The van der Waals surface area contributed by atoms with E-state index in [2.05, 4.69) is 176 Å². The van der Waals surface area contributed by atoms with E-state index in [1.54, 1.807) is 0 Å². The maximum Gasteiger partial charge on any atom is 0.160 e. The lowest BCUT2D eigenvalue weighted by atomic mass is 9.94. The molecular formula is C53H33N3S. The molecule has 0 bridgehead atoms. The molecule has 0 saturated heterocycles. The van der Waals surface area contributed by atoms with Crippen LogP contribution in [-0.4, -0.2) is 15.0 Å². The maximum absolute atomic E-state index is 5.49. The number of hydrogen-bond acceptors (Lipinski definition) is 4. The molecule has 0 fully saturated rings. The summed E-state index contributed by atoms with van der Waals surface area (Å²) in [6.45, 7) is 0. The molecule has 3 aromatic heterocycles. The number of thiophene rings is 1. The molecule has 0 aliphatic rings. The zero-order valence-electron chi connectivity index (χ0n) is 30.8. The van der Waals surface area contributed by atoms with Gasteiger partial charge in [0, 0.05) is 47.8 Å². The number of nitrogens with zero attached hydrogens (tertiary/aromatic N) is 3. The summed E-state index contributed by atoms with van der Waals surface area (Å²) in [6, 6.07) is 70.7. The lowest BCUT2D eigenvalue weighted by Crippen LogP contribution is -1.96. The molecule has 0 unspecified atom stereocenters. The van der Waals surface area contributed by atoms with E-state index in [0.29, 0.717) is 5.82 Å². The number of benzene rings is 8. The molecular weight excluding hydrogens is 711 g/mol. The van der Waals surface area contributed by atoms with E-state index >= 15 is 0 Å². The van der Waals surface area contributed by atoms with Gasteiger partial charge in [0.25, 0.3) is 0 Å². The summed E-state index contributed by atoms with van der Waals surface area (Å²) in [7, 11) is 0. The van der Waals surface area contributed by atoms with Crippen LogP contribution in [-0.2, 0) is 0 Å². The van der Waals surface area contributed by atoms with Crippen molar-refractivity contribution >= 4 is 53.2 Å². The Bertz CT molecular complexity index is 3260. The quantitative estimate of drug-likeness (QED) is 0.170. The van der Waals surface area contributed by atoms with E-state index in [4.69, 9.17) is 15.0 Å². The van der Waals surface area contributed by atoms with Crippen LogP contribution in [0, 0.1) is 0 Å². The Kier molecular flexibility index (Phi) is 8.01. The van der Waals surface area contributed by atoms with Crippen LogP contribution in [0.25, 0.3) is 109 Å². The van der Waals surface area contributed by atoms with Crippen LogP contribution >= 0.6 is 11.3 Å². The number of rotatable bonds is 6. The summed E-state index contributed by atoms with van der Waals surface area (Å²) >= 11 is 1.86. The molecule has 0 atom stereocenters. The number of hydrogen-bond donors (Lipinski definition) is 0. The monoisotopic (exact) mass is 743 g/mol.